The molecule has 0 bridgehead atoms. The zero-order valence-corrected chi connectivity index (χ0v) is 7.79. The SMILES string of the molecule is c1ccc2c3c(ccc2c1)OCNC3. The van der Waals surface area contributed by atoms with Crippen molar-refractivity contribution in [1.29, 1.82) is 0 Å². The fraction of sp³-hybridized carbons (Fsp3) is 0.167. The first-order valence-corrected chi connectivity index (χ1v) is 4.79. The quantitative estimate of drug-likeness (QED) is 0.679. The zero-order valence-electron chi connectivity index (χ0n) is 7.79. The summed E-state index contributed by atoms with van der Waals surface area (Å²) in [6, 6.07) is 12.6. The molecule has 14 heavy (non-hydrogen) atoms. The summed E-state index contributed by atoms with van der Waals surface area (Å²) in [7, 11) is 0. The molecule has 0 unspecified atom stereocenters. The molecule has 0 saturated carbocycles. The van der Waals surface area contributed by atoms with Gasteiger partial charge in [-0.2, -0.15) is 0 Å². The maximum Gasteiger partial charge on any atom is 0.139 e. The molecule has 0 radical (unpaired) electrons. The first kappa shape index (κ1) is 7.83. The molecule has 2 aromatic carbocycles. The first-order chi connectivity index (χ1) is 6.95. The molecular weight excluding hydrogens is 174 g/mol. The summed E-state index contributed by atoms with van der Waals surface area (Å²) in [6.45, 7) is 1.52. The van der Waals surface area contributed by atoms with Gasteiger partial charge in [-0.1, -0.05) is 30.3 Å². The van der Waals surface area contributed by atoms with Gasteiger partial charge in [-0.3, -0.25) is 5.32 Å². The highest BCUT2D eigenvalue weighted by Crippen LogP contribution is 2.29. The van der Waals surface area contributed by atoms with E-state index in [9.17, 15) is 0 Å². The van der Waals surface area contributed by atoms with Crippen molar-refractivity contribution >= 4 is 10.8 Å². The van der Waals surface area contributed by atoms with Crippen molar-refractivity contribution in [3.8, 4) is 5.75 Å². The molecule has 1 heterocycles. The highest BCUT2D eigenvalue weighted by Gasteiger charge is 2.11. The van der Waals surface area contributed by atoms with Gasteiger partial charge in [-0.05, 0) is 16.8 Å². The highest BCUT2D eigenvalue weighted by atomic mass is 16.5. The Kier molecular flexibility index (Phi) is 1.67. The maximum absolute atomic E-state index is 5.52. The van der Waals surface area contributed by atoms with Crippen molar-refractivity contribution < 1.29 is 4.74 Å². The Morgan fingerprint density at radius 3 is 3.00 bits per heavy atom. The standard InChI is InChI=1S/C12H11NO/c1-2-4-10-9(3-1)5-6-12-11(10)7-13-8-14-12/h1-6,13H,7-8H2. The van der Waals surface area contributed by atoms with E-state index in [0.29, 0.717) is 6.73 Å². The minimum absolute atomic E-state index is 0.616. The van der Waals surface area contributed by atoms with Crippen molar-refractivity contribution in [2.24, 2.45) is 0 Å². The van der Waals surface area contributed by atoms with Crippen LogP contribution in [0.5, 0.6) is 5.75 Å². The lowest BCUT2D eigenvalue weighted by atomic mass is 10.0. The van der Waals surface area contributed by atoms with Crippen LogP contribution in [0.2, 0.25) is 0 Å². The zero-order chi connectivity index (χ0) is 9.38. The van der Waals surface area contributed by atoms with E-state index in [1.165, 1.54) is 16.3 Å². The average Bonchev–Trinajstić information content (AvgIpc) is 2.29. The number of fused-ring (bicyclic) bond motifs is 3. The van der Waals surface area contributed by atoms with E-state index in [2.05, 4.69) is 41.7 Å². The summed E-state index contributed by atoms with van der Waals surface area (Å²) in [5.74, 6) is 1.02. The number of nitrogens with one attached hydrogen (secondary N) is 1. The summed E-state index contributed by atoms with van der Waals surface area (Å²) in [4.78, 5) is 0. The summed E-state index contributed by atoms with van der Waals surface area (Å²) < 4.78 is 5.52. The van der Waals surface area contributed by atoms with Crippen LogP contribution in [-0.2, 0) is 6.54 Å². The van der Waals surface area contributed by atoms with Crippen LogP contribution in [-0.4, -0.2) is 6.73 Å². The van der Waals surface area contributed by atoms with E-state index in [4.69, 9.17) is 4.74 Å². The minimum atomic E-state index is 0.616. The Morgan fingerprint density at radius 1 is 1.07 bits per heavy atom. The van der Waals surface area contributed by atoms with Gasteiger partial charge >= 0.3 is 0 Å². The molecule has 0 atom stereocenters. The monoisotopic (exact) mass is 185 g/mol. The Morgan fingerprint density at radius 2 is 2.00 bits per heavy atom. The van der Waals surface area contributed by atoms with E-state index in [1.54, 1.807) is 0 Å². The topological polar surface area (TPSA) is 21.3 Å². The van der Waals surface area contributed by atoms with Crippen molar-refractivity contribution in [2.75, 3.05) is 6.73 Å². The van der Waals surface area contributed by atoms with Gasteiger partial charge in [0.2, 0.25) is 0 Å². The highest BCUT2D eigenvalue weighted by molar-refractivity contribution is 5.87. The van der Waals surface area contributed by atoms with Gasteiger partial charge in [0.15, 0.2) is 0 Å². The maximum atomic E-state index is 5.52. The molecule has 2 nitrogen and oxygen atoms in total. The largest absolute Gasteiger partial charge is 0.478 e. The Hall–Kier alpha value is -1.54. The molecular formula is C12H11NO. The third kappa shape index (κ3) is 1.08. The number of ether oxygens (including phenoxy) is 1. The second kappa shape index (κ2) is 3.00. The fourth-order valence-corrected chi connectivity index (χ4v) is 1.94. The Balaban J connectivity index is 2.34. The third-order valence-electron chi connectivity index (χ3n) is 2.63. The molecule has 0 amide bonds. The van der Waals surface area contributed by atoms with Crippen molar-refractivity contribution in [2.45, 2.75) is 6.54 Å². The lowest BCUT2D eigenvalue weighted by Crippen LogP contribution is -2.25. The molecule has 0 spiro atoms. The molecule has 70 valence electrons. The minimum Gasteiger partial charge on any atom is -0.478 e. The molecule has 0 aromatic heterocycles. The Labute approximate surface area is 82.5 Å². The summed E-state index contributed by atoms with van der Waals surface area (Å²) in [5, 5.41) is 5.78. The van der Waals surface area contributed by atoms with Crippen LogP contribution in [0.3, 0.4) is 0 Å². The van der Waals surface area contributed by atoms with Crippen LogP contribution < -0.4 is 10.1 Å². The van der Waals surface area contributed by atoms with Crippen LogP contribution in [0.25, 0.3) is 10.8 Å². The molecule has 2 heteroatoms. The van der Waals surface area contributed by atoms with E-state index in [-0.39, 0.29) is 0 Å². The van der Waals surface area contributed by atoms with Crippen molar-refractivity contribution in [3.63, 3.8) is 0 Å². The number of hydrogen-bond acceptors (Lipinski definition) is 2. The van der Waals surface area contributed by atoms with Crippen LogP contribution in [0.15, 0.2) is 36.4 Å². The lowest BCUT2D eigenvalue weighted by molar-refractivity contribution is 0.258. The predicted octanol–water partition coefficient (Wildman–Crippen LogP) is 2.28. The van der Waals surface area contributed by atoms with Gasteiger partial charge in [0.25, 0.3) is 0 Å². The molecule has 1 N–H and O–H groups in total. The van der Waals surface area contributed by atoms with Gasteiger partial charge in [0.1, 0.15) is 12.5 Å². The molecule has 2 aromatic rings. The molecule has 1 aliphatic rings. The molecule has 1 aliphatic heterocycles. The van der Waals surface area contributed by atoms with Crippen LogP contribution in [0.1, 0.15) is 5.56 Å². The summed E-state index contributed by atoms with van der Waals surface area (Å²) in [5.41, 5.74) is 1.27. The number of benzene rings is 2. The van der Waals surface area contributed by atoms with Crippen molar-refractivity contribution in [3.05, 3.63) is 42.0 Å². The number of rotatable bonds is 0. The van der Waals surface area contributed by atoms with E-state index in [1.807, 2.05) is 0 Å². The Bertz CT molecular complexity index is 479. The molecule has 3 rings (SSSR count). The van der Waals surface area contributed by atoms with Gasteiger partial charge in [-0.15, -0.1) is 0 Å². The second-order valence-corrected chi connectivity index (χ2v) is 3.48. The van der Waals surface area contributed by atoms with E-state index >= 15 is 0 Å². The number of hydrogen-bond donors (Lipinski definition) is 1. The van der Waals surface area contributed by atoms with E-state index in [0.717, 1.165) is 12.3 Å². The third-order valence-corrected chi connectivity index (χ3v) is 2.63. The summed E-state index contributed by atoms with van der Waals surface area (Å²) >= 11 is 0. The van der Waals surface area contributed by atoms with Gasteiger partial charge in [-0.25, -0.2) is 0 Å². The van der Waals surface area contributed by atoms with Crippen molar-refractivity contribution in [1.82, 2.24) is 5.32 Å². The van der Waals surface area contributed by atoms with Gasteiger partial charge in [0.05, 0.1) is 0 Å². The lowest BCUT2D eigenvalue weighted by Gasteiger charge is -2.19. The molecule has 0 saturated heterocycles. The summed E-state index contributed by atoms with van der Waals surface area (Å²) in [6.07, 6.45) is 0. The molecule has 0 fully saturated rings. The van der Waals surface area contributed by atoms with Gasteiger partial charge in [0, 0.05) is 12.1 Å². The predicted molar refractivity (Wildman–Crippen MR) is 56.3 cm³/mol. The first-order valence-electron chi connectivity index (χ1n) is 4.79. The normalized spacial score (nSPS) is 14.9. The van der Waals surface area contributed by atoms with E-state index < -0.39 is 0 Å². The fourth-order valence-electron chi connectivity index (χ4n) is 1.94. The van der Waals surface area contributed by atoms with Gasteiger partial charge < -0.3 is 4.74 Å². The van der Waals surface area contributed by atoms with Crippen LogP contribution in [0.4, 0.5) is 0 Å². The smallest absolute Gasteiger partial charge is 0.139 e. The van der Waals surface area contributed by atoms with Crippen LogP contribution in [0, 0.1) is 0 Å². The van der Waals surface area contributed by atoms with Crippen LogP contribution >= 0.6 is 0 Å². The second-order valence-electron chi connectivity index (χ2n) is 3.48. The average molecular weight is 185 g/mol. The molecule has 0 aliphatic carbocycles.